The first-order chi connectivity index (χ1) is 15.9. The number of halogens is 2. The van der Waals surface area contributed by atoms with Crippen molar-refractivity contribution < 1.29 is 39.9 Å². The molecule has 3 amide bonds. The second-order valence-electron chi connectivity index (χ2n) is 7.86. The molecule has 0 aromatic heterocycles. The Bertz CT molecular complexity index is 846. The number of amides is 3. The van der Waals surface area contributed by atoms with Crippen LogP contribution in [0.25, 0.3) is 0 Å². The van der Waals surface area contributed by atoms with Crippen molar-refractivity contribution >= 4 is 68.6 Å². The Balaban J connectivity index is 3.73. The standard InChI is InChI=1S/C21H31I2N3O8/c1-10(7-27)6-26(12(3)30)19-11(2)15(20(33)24-4-13(31)8-28)17(22)16(18(19)23)21(34)25-5-14(32)9-29/h10,13-14,27-29,31-32H,4-9H2,1-3H3,(H,24,33)(H,25,34). The van der Waals surface area contributed by atoms with Gasteiger partial charge in [0.05, 0.1) is 45.8 Å². The number of carbonyl (C=O) groups excluding carboxylic acids is 3. The molecule has 0 aliphatic heterocycles. The minimum absolute atomic E-state index is 0.0997. The molecule has 34 heavy (non-hydrogen) atoms. The molecule has 7 N–H and O–H groups in total. The number of hydrogen-bond acceptors (Lipinski definition) is 8. The summed E-state index contributed by atoms with van der Waals surface area (Å²) in [6.45, 7) is 3.12. The number of aliphatic hydroxyl groups is 5. The molecule has 0 saturated carbocycles. The van der Waals surface area contributed by atoms with Crippen LogP contribution in [0.5, 0.6) is 0 Å². The van der Waals surface area contributed by atoms with Gasteiger partial charge in [-0.3, -0.25) is 14.4 Å². The van der Waals surface area contributed by atoms with Gasteiger partial charge in [-0.2, -0.15) is 0 Å². The summed E-state index contributed by atoms with van der Waals surface area (Å²) < 4.78 is 0.678. The summed E-state index contributed by atoms with van der Waals surface area (Å²) in [6.07, 6.45) is -2.35. The van der Waals surface area contributed by atoms with E-state index in [-0.39, 0.29) is 52.8 Å². The summed E-state index contributed by atoms with van der Waals surface area (Å²) in [5.41, 5.74) is 0.950. The topological polar surface area (TPSA) is 180 Å². The maximum absolute atomic E-state index is 13.1. The number of benzene rings is 1. The molecule has 0 heterocycles. The summed E-state index contributed by atoms with van der Waals surface area (Å²) >= 11 is 3.77. The van der Waals surface area contributed by atoms with Crippen LogP contribution in [0, 0.1) is 20.0 Å². The van der Waals surface area contributed by atoms with Crippen molar-refractivity contribution in [2.75, 3.05) is 44.4 Å². The minimum Gasteiger partial charge on any atom is -0.396 e. The molecule has 1 rings (SSSR count). The Morgan fingerprint density at radius 3 is 1.76 bits per heavy atom. The predicted octanol–water partition coefficient (Wildman–Crippen LogP) is -0.648. The van der Waals surface area contributed by atoms with E-state index < -0.39 is 37.2 Å². The Morgan fingerprint density at radius 1 is 0.882 bits per heavy atom. The summed E-state index contributed by atoms with van der Waals surface area (Å²) in [7, 11) is 0. The highest BCUT2D eigenvalue weighted by Crippen LogP contribution is 2.37. The van der Waals surface area contributed by atoms with E-state index in [1.165, 1.54) is 11.8 Å². The van der Waals surface area contributed by atoms with E-state index in [1.807, 2.05) is 45.2 Å². The zero-order chi connectivity index (χ0) is 26.2. The third-order valence-electron chi connectivity index (χ3n) is 4.92. The lowest BCUT2D eigenvalue weighted by atomic mass is 9.99. The first-order valence-corrected chi connectivity index (χ1v) is 12.6. The number of nitrogens with zero attached hydrogens (tertiary/aromatic N) is 1. The fourth-order valence-electron chi connectivity index (χ4n) is 3.05. The second-order valence-corrected chi connectivity index (χ2v) is 10.0. The smallest absolute Gasteiger partial charge is 0.253 e. The van der Waals surface area contributed by atoms with Gasteiger partial charge in [0.25, 0.3) is 11.8 Å². The Kier molecular flexibility index (Phi) is 13.1. The molecule has 0 saturated heterocycles. The van der Waals surface area contributed by atoms with Crippen molar-refractivity contribution in [3.05, 3.63) is 23.8 Å². The van der Waals surface area contributed by atoms with Crippen LogP contribution in [0.1, 0.15) is 40.1 Å². The number of rotatable bonds is 12. The number of anilines is 1. The molecule has 1 aromatic rings. The summed E-state index contributed by atoms with van der Waals surface area (Å²) in [5.74, 6) is -1.88. The lowest BCUT2D eigenvalue weighted by molar-refractivity contribution is -0.116. The van der Waals surface area contributed by atoms with Crippen molar-refractivity contribution in [1.82, 2.24) is 10.6 Å². The third kappa shape index (κ3) is 7.96. The number of hydrogen-bond donors (Lipinski definition) is 7. The van der Waals surface area contributed by atoms with Crippen LogP contribution in [0.4, 0.5) is 5.69 Å². The van der Waals surface area contributed by atoms with Gasteiger partial charge in [0.1, 0.15) is 0 Å². The van der Waals surface area contributed by atoms with Crippen LogP contribution < -0.4 is 15.5 Å². The summed E-state index contributed by atoms with van der Waals surface area (Å²) in [5, 5.41) is 51.8. The number of carbonyl (C=O) groups is 3. The Hall–Kier alpha value is -1.11. The van der Waals surface area contributed by atoms with Gasteiger partial charge in [-0.15, -0.1) is 0 Å². The van der Waals surface area contributed by atoms with E-state index in [0.717, 1.165) is 0 Å². The fraction of sp³-hybridized carbons (Fsp3) is 0.571. The first kappa shape index (κ1) is 30.9. The molecule has 13 heteroatoms. The van der Waals surface area contributed by atoms with Gasteiger partial charge in [0.2, 0.25) is 5.91 Å². The van der Waals surface area contributed by atoms with E-state index in [0.29, 0.717) is 14.8 Å². The molecular formula is C21H31I2N3O8. The van der Waals surface area contributed by atoms with Crippen LogP contribution in [0.15, 0.2) is 0 Å². The molecule has 0 bridgehead atoms. The quantitative estimate of drug-likeness (QED) is 0.140. The zero-order valence-electron chi connectivity index (χ0n) is 19.1. The highest BCUT2D eigenvalue weighted by Gasteiger charge is 2.31. The molecule has 1 aromatic carbocycles. The molecular weight excluding hydrogens is 676 g/mol. The van der Waals surface area contributed by atoms with Gasteiger partial charge in [-0.25, -0.2) is 0 Å². The van der Waals surface area contributed by atoms with Crippen molar-refractivity contribution in [2.24, 2.45) is 5.92 Å². The molecule has 0 radical (unpaired) electrons. The van der Waals surface area contributed by atoms with Crippen LogP contribution in [0.2, 0.25) is 0 Å². The molecule has 0 aliphatic carbocycles. The van der Waals surface area contributed by atoms with E-state index in [4.69, 9.17) is 10.2 Å². The average molecular weight is 707 g/mol. The number of aliphatic hydroxyl groups excluding tert-OH is 5. The second kappa shape index (κ2) is 14.4. The zero-order valence-corrected chi connectivity index (χ0v) is 23.5. The molecule has 192 valence electrons. The van der Waals surface area contributed by atoms with Crippen molar-refractivity contribution in [3.8, 4) is 0 Å². The lowest BCUT2D eigenvalue weighted by Crippen LogP contribution is -2.39. The van der Waals surface area contributed by atoms with Gasteiger partial charge in [0.15, 0.2) is 0 Å². The lowest BCUT2D eigenvalue weighted by Gasteiger charge is -2.29. The SMILES string of the molecule is CC(=O)N(CC(C)CO)c1c(C)c(C(=O)NCC(O)CO)c(I)c(C(=O)NCC(O)CO)c1I. The third-order valence-corrected chi connectivity index (χ3v) is 7.05. The van der Waals surface area contributed by atoms with E-state index in [1.54, 1.807) is 13.8 Å². The van der Waals surface area contributed by atoms with E-state index in [2.05, 4.69) is 10.6 Å². The van der Waals surface area contributed by atoms with Crippen LogP contribution >= 0.6 is 45.2 Å². The molecule has 0 fully saturated rings. The maximum atomic E-state index is 13.1. The van der Waals surface area contributed by atoms with E-state index in [9.17, 15) is 29.7 Å². The van der Waals surface area contributed by atoms with Gasteiger partial charge in [-0.1, -0.05) is 6.92 Å². The van der Waals surface area contributed by atoms with Crippen molar-refractivity contribution in [1.29, 1.82) is 0 Å². The van der Waals surface area contributed by atoms with E-state index >= 15 is 0 Å². The van der Waals surface area contributed by atoms with Gasteiger partial charge < -0.3 is 41.1 Å². The van der Waals surface area contributed by atoms with Crippen molar-refractivity contribution in [2.45, 2.75) is 33.0 Å². The molecule has 3 atom stereocenters. The highest BCUT2D eigenvalue weighted by atomic mass is 127. The normalized spacial score (nSPS) is 13.7. The molecule has 0 aliphatic rings. The Labute approximate surface area is 225 Å². The summed E-state index contributed by atoms with van der Waals surface area (Å²) in [6, 6.07) is 0. The molecule has 11 nitrogen and oxygen atoms in total. The largest absolute Gasteiger partial charge is 0.396 e. The monoisotopic (exact) mass is 707 g/mol. The highest BCUT2D eigenvalue weighted by molar-refractivity contribution is 14.1. The predicted molar refractivity (Wildman–Crippen MR) is 142 cm³/mol. The van der Waals surface area contributed by atoms with Crippen LogP contribution in [-0.2, 0) is 4.79 Å². The maximum Gasteiger partial charge on any atom is 0.253 e. The minimum atomic E-state index is -1.17. The van der Waals surface area contributed by atoms with Crippen LogP contribution in [0.3, 0.4) is 0 Å². The summed E-state index contributed by atoms with van der Waals surface area (Å²) in [4.78, 5) is 40.1. The van der Waals surface area contributed by atoms with Crippen LogP contribution in [-0.4, -0.2) is 94.9 Å². The fourth-order valence-corrected chi connectivity index (χ4v) is 5.94. The average Bonchev–Trinajstić information content (AvgIpc) is 2.79. The van der Waals surface area contributed by atoms with Crippen molar-refractivity contribution in [3.63, 3.8) is 0 Å². The molecule has 3 unspecified atom stereocenters. The van der Waals surface area contributed by atoms with Gasteiger partial charge in [0, 0.05) is 36.7 Å². The number of nitrogens with one attached hydrogen (secondary N) is 2. The van der Waals surface area contributed by atoms with Gasteiger partial charge >= 0.3 is 0 Å². The molecule has 0 spiro atoms. The Morgan fingerprint density at radius 2 is 1.35 bits per heavy atom. The first-order valence-electron chi connectivity index (χ1n) is 10.5. The van der Waals surface area contributed by atoms with Gasteiger partial charge in [-0.05, 0) is 63.6 Å².